The number of nitrogens with one attached hydrogen (secondary N) is 1. The highest BCUT2D eigenvalue weighted by Gasteiger charge is 2.17. The van der Waals surface area contributed by atoms with E-state index in [1.807, 2.05) is 0 Å². The Morgan fingerprint density at radius 1 is 1.28 bits per heavy atom. The first-order chi connectivity index (χ1) is 8.62. The summed E-state index contributed by atoms with van der Waals surface area (Å²) in [6.45, 7) is 9.87. The average Bonchev–Trinajstić information content (AvgIpc) is 2.36. The summed E-state index contributed by atoms with van der Waals surface area (Å²) in [6, 6.07) is 6.98. The zero-order valence-corrected chi connectivity index (χ0v) is 12.4. The molecule has 2 unspecified atom stereocenters. The summed E-state index contributed by atoms with van der Waals surface area (Å²) in [4.78, 5) is 0. The minimum atomic E-state index is 0.546. The quantitative estimate of drug-likeness (QED) is 0.797. The molecule has 1 aromatic rings. The van der Waals surface area contributed by atoms with Crippen molar-refractivity contribution in [3.05, 3.63) is 29.3 Å². The summed E-state index contributed by atoms with van der Waals surface area (Å²) < 4.78 is 5.47. The van der Waals surface area contributed by atoms with Crippen LogP contribution in [0.3, 0.4) is 0 Å². The summed E-state index contributed by atoms with van der Waals surface area (Å²) in [5.74, 6) is 1.67. The lowest BCUT2D eigenvalue weighted by atomic mass is 9.90. The first-order valence-corrected chi connectivity index (χ1v) is 6.99. The van der Waals surface area contributed by atoms with Crippen LogP contribution in [0.4, 0.5) is 0 Å². The molecule has 0 bridgehead atoms. The fourth-order valence-electron chi connectivity index (χ4n) is 2.51. The Morgan fingerprint density at radius 2 is 2.00 bits per heavy atom. The van der Waals surface area contributed by atoms with Gasteiger partial charge in [-0.1, -0.05) is 38.0 Å². The van der Waals surface area contributed by atoms with Gasteiger partial charge in [0.05, 0.1) is 7.11 Å². The van der Waals surface area contributed by atoms with Crippen molar-refractivity contribution in [3.63, 3.8) is 0 Å². The van der Waals surface area contributed by atoms with Gasteiger partial charge in [-0.2, -0.15) is 0 Å². The van der Waals surface area contributed by atoms with E-state index in [1.54, 1.807) is 7.11 Å². The Labute approximate surface area is 112 Å². The van der Waals surface area contributed by atoms with Crippen LogP contribution in [0.5, 0.6) is 5.75 Å². The normalized spacial score (nSPS) is 14.3. The fourth-order valence-corrected chi connectivity index (χ4v) is 2.51. The number of ether oxygens (including phenoxy) is 1. The molecular weight excluding hydrogens is 222 g/mol. The van der Waals surface area contributed by atoms with Crippen molar-refractivity contribution in [2.75, 3.05) is 13.7 Å². The molecule has 102 valence electrons. The van der Waals surface area contributed by atoms with Gasteiger partial charge in [0.2, 0.25) is 0 Å². The molecule has 18 heavy (non-hydrogen) atoms. The first-order valence-electron chi connectivity index (χ1n) is 6.99. The molecule has 0 aliphatic rings. The van der Waals surface area contributed by atoms with Crippen LogP contribution < -0.4 is 10.1 Å². The lowest BCUT2D eigenvalue weighted by Crippen LogP contribution is -2.34. The Balaban J connectivity index is 2.83. The maximum atomic E-state index is 5.47. The molecule has 0 radical (unpaired) electrons. The standard InChI is InChI=1S/C16H27NO/c1-6-14(13(4)17-7-2)11-15-10-12(3)8-9-16(15)18-5/h8-10,13-14,17H,6-7,11H2,1-5H3. The highest BCUT2D eigenvalue weighted by molar-refractivity contribution is 5.37. The third-order valence-electron chi connectivity index (χ3n) is 3.68. The monoisotopic (exact) mass is 249 g/mol. The Bertz CT molecular complexity index is 362. The molecular formula is C16H27NO. The van der Waals surface area contributed by atoms with Crippen molar-refractivity contribution < 1.29 is 4.74 Å². The van der Waals surface area contributed by atoms with E-state index in [0.717, 1.165) is 18.7 Å². The van der Waals surface area contributed by atoms with Crippen LogP contribution in [0, 0.1) is 12.8 Å². The second kappa shape index (κ2) is 7.42. The van der Waals surface area contributed by atoms with Crippen LogP contribution in [-0.2, 0) is 6.42 Å². The van der Waals surface area contributed by atoms with E-state index < -0.39 is 0 Å². The zero-order chi connectivity index (χ0) is 13.5. The smallest absolute Gasteiger partial charge is 0.122 e. The first kappa shape index (κ1) is 15.0. The largest absolute Gasteiger partial charge is 0.496 e. The molecule has 0 fully saturated rings. The van der Waals surface area contributed by atoms with Gasteiger partial charge in [0, 0.05) is 6.04 Å². The van der Waals surface area contributed by atoms with E-state index in [0.29, 0.717) is 12.0 Å². The maximum absolute atomic E-state index is 5.47. The number of rotatable bonds is 7. The molecule has 0 aromatic heterocycles. The van der Waals surface area contributed by atoms with E-state index in [1.165, 1.54) is 17.5 Å². The highest BCUT2D eigenvalue weighted by Crippen LogP contribution is 2.25. The summed E-state index contributed by atoms with van der Waals surface area (Å²) in [6.07, 6.45) is 2.26. The van der Waals surface area contributed by atoms with Crippen molar-refractivity contribution in [1.82, 2.24) is 5.32 Å². The summed E-state index contributed by atoms with van der Waals surface area (Å²) in [5, 5.41) is 3.53. The minimum Gasteiger partial charge on any atom is -0.496 e. The van der Waals surface area contributed by atoms with Crippen LogP contribution in [0.1, 0.15) is 38.3 Å². The number of benzene rings is 1. The summed E-state index contributed by atoms with van der Waals surface area (Å²) in [5.41, 5.74) is 2.63. The van der Waals surface area contributed by atoms with Crippen molar-refractivity contribution in [2.45, 2.75) is 46.6 Å². The van der Waals surface area contributed by atoms with Gasteiger partial charge in [-0.05, 0) is 44.4 Å². The van der Waals surface area contributed by atoms with Gasteiger partial charge in [-0.15, -0.1) is 0 Å². The predicted octanol–water partition coefficient (Wildman–Crippen LogP) is 3.57. The van der Waals surface area contributed by atoms with Crippen LogP contribution in [-0.4, -0.2) is 19.7 Å². The molecule has 0 saturated carbocycles. The van der Waals surface area contributed by atoms with Crippen molar-refractivity contribution in [1.29, 1.82) is 0 Å². The van der Waals surface area contributed by atoms with E-state index in [9.17, 15) is 0 Å². The lowest BCUT2D eigenvalue weighted by molar-refractivity contribution is 0.357. The topological polar surface area (TPSA) is 21.3 Å². The van der Waals surface area contributed by atoms with Crippen molar-refractivity contribution in [2.24, 2.45) is 5.92 Å². The van der Waals surface area contributed by atoms with E-state index in [2.05, 4.69) is 51.2 Å². The molecule has 0 saturated heterocycles. The molecule has 0 aliphatic carbocycles. The Kier molecular flexibility index (Phi) is 6.20. The van der Waals surface area contributed by atoms with E-state index in [-0.39, 0.29) is 0 Å². The van der Waals surface area contributed by atoms with Gasteiger partial charge < -0.3 is 10.1 Å². The van der Waals surface area contributed by atoms with E-state index in [4.69, 9.17) is 4.74 Å². The number of aryl methyl sites for hydroxylation is 1. The van der Waals surface area contributed by atoms with Gasteiger partial charge >= 0.3 is 0 Å². The molecule has 1 aromatic carbocycles. The van der Waals surface area contributed by atoms with E-state index >= 15 is 0 Å². The summed E-state index contributed by atoms with van der Waals surface area (Å²) >= 11 is 0. The Morgan fingerprint density at radius 3 is 2.56 bits per heavy atom. The average molecular weight is 249 g/mol. The van der Waals surface area contributed by atoms with Crippen LogP contribution in [0.15, 0.2) is 18.2 Å². The molecule has 1 rings (SSSR count). The van der Waals surface area contributed by atoms with Crippen LogP contribution in [0.2, 0.25) is 0 Å². The van der Waals surface area contributed by atoms with Crippen LogP contribution >= 0.6 is 0 Å². The van der Waals surface area contributed by atoms with Crippen LogP contribution in [0.25, 0.3) is 0 Å². The summed E-state index contributed by atoms with van der Waals surface area (Å²) in [7, 11) is 1.75. The van der Waals surface area contributed by atoms with Crippen molar-refractivity contribution in [3.8, 4) is 5.75 Å². The second-order valence-corrected chi connectivity index (χ2v) is 5.03. The minimum absolute atomic E-state index is 0.546. The predicted molar refractivity (Wildman–Crippen MR) is 78.4 cm³/mol. The maximum Gasteiger partial charge on any atom is 0.122 e. The lowest BCUT2D eigenvalue weighted by Gasteiger charge is -2.24. The zero-order valence-electron chi connectivity index (χ0n) is 12.4. The molecule has 0 heterocycles. The Hall–Kier alpha value is -1.02. The number of hydrogen-bond donors (Lipinski definition) is 1. The fraction of sp³-hybridized carbons (Fsp3) is 0.625. The molecule has 0 aliphatic heterocycles. The van der Waals surface area contributed by atoms with Gasteiger partial charge in [0.15, 0.2) is 0 Å². The van der Waals surface area contributed by atoms with Crippen molar-refractivity contribution >= 4 is 0 Å². The molecule has 1 N–H and O–H groups in total. The van der Waals surface area contributed by atoms with Gasteiger partial charge in [0.1, 0.15) is 5.75 Å². The second-order valence-electron chi connectivity index (χ2n) is 5.03. The SMILES string of the molecule is CCNC(C)C(CC)Cc1cc(C)ccc1OC. The third kappa shape index (κ3) is 4.02. The number of methoxy groups -OCH3 is 1. The molecule has 0 amide bonds. The van der Waals surface area contributed by atoms with Gasteiger partial charge in [-0.3, -0.25) is 0 Å². The number of hydrogen-bond acceptors (Lipinski definition) is 2. The molecule has 0 spiro atoms. The molecule has 2 nitrogen and oxygen atoms in total. The highest BCUT2D eigenvalue weighted by atomic mass is 16.5. The van der Waals surface area contributed by atoms with Gasteiger partial charge in [0.25, 0.3) is 0 Å². The molecule has 2 atom stereocenters. The van der Waals surface area contributed by atoms with Gasteiger partial charge in [-0.25, -0.2) is 0 Å². The molecule has 2 heteroatoms. The third-order valence-corrected chi connectivity index (χ3v) is 3.68.